The second-order valence-electron chi connectivity index (χ2n) is 3.77. The summed E-state index contributed by atoms with van der Waals surface area (Å²) in [5.74, 6) is -0.644. The van der Waals surface area contributed by atoms with Gasteiger partial charge >= 0.3 is 0 Å². The lowest BCUT2D eigenvalue weighted by Crippen LogP contribution is -2.10. The molecule has 84 valence electrons. The highest BCUT2D eigenvalue weighted by molar-refractivity contribution is 5.88. The van der Waals surface area contributed by atoms with Crippen LogP contribution >= 0.6 is 0 Å². The number of ketones is 1. The zero-order valence-corrected chi connectivity index (χ0v) is 9.52. The lowest BCUT2D eigenvalue weighted by atomic mass is 9.94. The number of nitriles is 1. The number of aromatic nitrogens is 1. The molecule has 1 aromatic rings. The van der Waals surface area contributed by atoms with Gasteiger partial charge in [0.25, 0.3) is 0 Å². The fourth-order valence-corrected chi connectivity index (χ4v) is 1.57. The average molecular weight is 216 g/mol. The summed E-state index contributed by atoms with van der Waals surface area (Å²) in [4.78, 5) is 15.7. The molecular weight excluding hydrogens is 200 g/mol. The minimum Gasteiger partial charge on any atom is -0.298 e. The number of carbonyl (C=O) groups excluding carboxylic acids is 1. The Morgan fingerprint density at radius 3 is 2.94 bits per heavy atom. The maximum Gasteiger partial charge on any atom is 0.154 e. The first-order valence-corrected chi connectivity index (χ1v) is 5.61. The lowest BCUT2D eigenvalue weighted by Gasteiger charge is -2.07. The second-order valence-corrected chi connectivity index (χ2v) is 3.77. The van der Waals surface area contributed by atoms with Gasteiger partial charge in [0.1, 0.15) is 5.92 Å². The van der Waals surface area contributed by atoms with Gasteiger partial charge < -0.3 is 0 Å². The van der Waals surface area contributed by atoms with Crippen LogP contribution in [0.2, 0.25) is 0 Å². The van der Waals surface area contributed by atoms with Gasteiger partial charge in [0.2, 0.25) is 0 Å². The number of hydrogen-bond acceptors (Lipinski definition) is 3. The fraction of sp³-hybridized carbons (Fsp3) is 0.462. The summed E-state index contributed by atoms with van der Waals surface area (Å²) in [6, 6.07) is 5.58. The molecule has 0 spiro atoms. The number of Topliss-reactive ketones (excluding diaryl/α,β-unsaturated/α-hetero) is 1. The first-order chi connectivity index (χ1) is 7.79. The minimum absolute atomic E-state index is 0.00366. The van der Waals surface area contributed by atoms with E-state index >= 15 is 0 Å². The molecule has 0 aliphatic heterocycles. The maximum atomic E-state index is 11.8. The van der Waals surface area contributed by atoms with Crippen LogP contribution in [0.4, 0.5) is 0 Å². The molecule has 3 heteroatoms. The molecule has 0 aliphatic rings. The van der Waals surface area contributed by atoms with Crippen molar-refractivity contribution in [1.82, 2.24) is 4.98 Å². The van der Waals surface area contributed by atoms with E-state index in [9.17, 15) is 4.79 Å². The number of rotatable bonds is 6. The van der Waals surface area contributed by atoms with E-state index in [2.05, 4.69) is 18.0 Å². The summed E-state index contributed by atoms with van der Waals surface area (Å²) in [6.45, 7) is 2.09. The summed E-state index contributed by atoms with van der Waals surface area (Å²) < 4.78 is 0. The Labute approximate surface area is 96.1 Å². The van der Waals surface area contributed by atoms with E-state index in [-0.39, 0.29) is 5.78 Å². The van der Waals surface area contributed by atoms with E-state index in [0.717, 1.165) is 19.3 Å². The van der Waals surface area contributed by atoms with Crippen molar-refractivity contribution in [3.8, 4) is 6.07 Å². The molecule has 1 heterocycles. The first-order valence-electron chi connectivity index (χ1n) is 5.61. The molecule has 0 aliphatic carbocycles. The highest BCUT2D eigenvalue weighted by atomic mass is 16.1. The summed E-state index contributed by atoms with van der Waals surface area (Å²) in [5.41, 5.74) is 0.700. The van der Waals surface area contributed by atoms with E-state index in [1.807, 2.05) is 0 Å². The van der Waals surface area contributed by atoms with E-state index in [0.29, 0.717) is 12.0 Å². The Balaban J connectivity index is 2.62. The van der Waals surface area contributed by atoms with E-state index < -0.39 is 5.92 Å². The molecule has 0 radical (unpaired) electrons. The molecule has 0 saturated carbocycles. The highest BCUT2D eigenvalue weighted by Crippen LogP contribution is 2.17. The molecule has 0 aromatic carbocycles. The van der Waals surface area contributed by atoms with Crippen LogP contribution in [0, 0.1) is 11.3 Å². The Morgan fingerprint density at radius 2 is 2.38 bits per heavy atom. The van der Waals surface area contributed by atoms with Crippen molar-refractivity contribution in [3.05, 3.63) is 30.1 Å². The molecule has 0 amide bonds. The minimum atomic E-state index is -0.648. The van der Waals surface area contributed by atoms with Crippen molar-refractivity contribution in [2.75, 3.05) is 0 Å². The van der Waals surface area contributed by atoms with Crippen LogP contribution in [-0.4, -0.2) is 10.8 Å². The lowest BCUT2D eigenvalue weighted by molar-refractivity contribution is -0.119. The van der Waals surface area contributed by atoms with Gasteiger partial charge in [0.05, 0.1) is 6.07 Å². The number of carbonyl (C=O) groups is 1. The van der Waals surface area contributed by atoms with Crippen LogP contribution in [0.15, 0.2) is 24.5 Å². The molecule has 0 saturated heterocycles. The molecule has 1 aromatic heterocycles. The fourth-order valence-electron chi connectivity index (χ4n) is 1.57. The third-order valence-corrected chi connectivity index (χ3v) is 2.50. The second kappa shape index (κ2) is 6.73. The molecule has 1 rings (SSSR count). The highest BCUT2D eigenvalue weighted by Gasteiger charge is 2.19. The Kier molecular flexibility index (Phi) is 5.21. The molecule has 1 unspecified atom stereocenters. The van der Waals surface area contributed by atoms with Crippen molar-refractivity contribution in [2.24, 2.45) is 0 Å². The largest absolute Gasteiger partial charge is 0.298 e. The Morgan fingerprint density at radius 1 is 1.56 bits per heavy atom. The van der Waals surface area contributed by atoms with Crippen molar-refractivity contribution < 1.29 is 4.79 Å². The molecule has 3 nitrogen and oxygen atoms in total. The molecular formula is C13H16N2O. The zero-order valence-electron chi connectivity index (χ0n) is 9.52. The maximum absolute atomic E-state index is 11.8. The van der Waals surface area contributed by atoms with Crippen LogP contribution < -0.4 is 0 Å². The molecule has 0 bridgehead atoms. The van der Waals surface area contributed by atoms with Gasteiger partial charge in [-0.2, -0.15) is 5.26 Å². The van der Waals surface area contributed by atoms with E-state index in [4.69, 9.17) is 5.26 Å². The van der Waals surface area contributed by atoms with Gasteiger partial charge in [-0.25, -0.2) is 0 Å². The summed E-state index contributed by atoms with van der Waals surface area (Å²) in [5, 5.41) is 9.01. The Hall–Kier alpha value is -1.69. The smallest absolute Gasteiger partial charge is 0.154 e. The SMILES string of the molecule is CCCCCC(=O)C(C#N)c1cccnc1. The zero-order chi connectivity index (χ0) is 11.8. The summed E-state index contributed by atoms with van der Waals surface area (Å²) >= 11 is 0. The van der Waals surface area contributed by atoms with Gasteiger partial charge in [-0.05, 0) is 18.1 Å². The van der Waals surface area contributed by atoms with Crippen molar-refractivity contribution in [3.63, 3.8) is 0 Å². The third kappa shape index (κ3) is 3.47. The third-order valence-electron chi connectivity index (χ3n) is 2.50. The van der Waals surface area contributed by atoms with Gasteiger partial charge in [0, 0.05) is 18.8 Å². The van der Waals surface area contributed by atoms with Crippen molar-refractivity contribution in [2.45, 2.75) is 38.5 Å². The monoisotopic (exact) mass is 216 g/mol. The topological polar surface area (TPSA) is 53.8 Å². The number of pyridine rings is 1. The van der Waals surface area contributed by atoms with Gasteiger partial charge in [-0.15, -0.1) is 0 Å². The number of nitrogens with zero attached hydrogens (tertiary/aromatic N) is 2. The normalized spacial score (nSPS) is 11.8. The van der Waals surface area contributed by atoms with Crippen molar-refractivity contribution >= 4 is 5.78 Å². The Bertz CT molecular complexity index is 367. The summed E-state index contributed by atoms with van der Waals surface area (Å²) in [6.07, 6.45) is 6.70. The molecule has 1 atom stereocenters. The number of unbranched alkanes of at least 4 members (excludes halogenated alkanes) is 2. The van der Waals surface area contributed by atoms with Crippen LogP contribution in [0.5, 0.6) is 0 Å². The molecule has 0 fully saturated rings. The van der Waals surface area contributed by atoms with Gasteiger partial charge in [-0.3, -0.25) is 9.78 Å². The van der Waals surface area contributed by atoms with E-state index in [1.54, 1.807) is 24.5 Å². The van der Waals surface area contributed by atoms with E-state index in [1.165, 1.54) is 0 Å². The predicted molar refractivity (Wildman–Crippen MR) is 61.7 cm³/mol. The quantitative estimate of drug-likeness (QED) is 0.687. The average Bonchev–Trinajstić information content (AvgIpc) is 2.32. The predicted octanol–water partition coefficient (Wildman–Crippen LogP) is 2.84. The molecule has 0 N–H and O–H groups in total. The van der Waals surface area contributed by atoms with Crippen LogP contribution in [0.1, 0.15) is 44.1 Å². The van der Waals surface area contributed by atoms with Crippen molar-refractivity contribution in [1.29, 1.82) is 5.26 Å². The van der Waals surface area contributed by atoms with Crippen LogP contribution in [0.3, 0.4) is 0 Å². The summed E-state index contributed by atoms with van der Waals surface area (Å²) in [7, 11) is 0. The number of hydrogen-bond donors (Lipinski definition) is 0. The standard InChI is InChI=1S/C13H16N2O/c1-2-3-4-7-13(16)12(9-14)11-6-5-8-15-10-11/h5-6,8,10,12H,2-4,7H2,1H3. The first kappa shape index (κ1) is 12.4. The molecule has 16 heavy (non-hydrogen) atoms. The van der Waals surface area contributed by atoms with Gasteiger partial charge in [0.15, 0.2) is 5.78 Å². The van der Waals surface area contributed by atoms with Crippen LogP contribution in [0.25, 0.3) is 0 Å². The van der Waals surface area contributed by atoms with Crippen LogP contribution in [-0.2, 0) is 4.79 Å². The van der Waals surface area contributed by atoms with Gasteiger partial charge in [-0.1, -0.05) is 25.8 Å².